The lowest BCUT2D eigenvalue weighted by Crippen LogP contribution is -2.58. The van der Waals surface area contributed by atoms with E-state index in [9.17, 15) is 19.5 Å². The van der Waals surface area contributed by atoms with Gasteiger partial charge >= 0.3 is 5.97 Å². The lowest BCUT2D eigenvalue weighted by atomic mass is 9.66. The van der Waals surface area contributed by atoms with E-state index in [-0.39, 0.29) is 37.0 Å². The van der Waals surface area contributed by atoms with Crippen LogP contribution in [0.4, 0.5) is 0 Å². The van der Waals surface area contributed by atoms with E-state index in [0.29, 0.717) is 25.8 Å². The van der Waals surface area contributed by atoms with Gasteiger partial charge in [0, 0.05) is 17.3 Å². The highest BCUT2D eigenvalue weighted by Gasteiger charge is 2.78. The molecule has 3 rings (SSSR count). The SMILES string of the molecule is C=CCCOC(=O)[C@@H]1[C@H]2C(=O)N([C@@H](CC)CO)C(C(=O)N(CC=C)C(C)CCC)C23CC[C@@]1(C)S3. The molecule has 0 aliphatic carbocycles. The van der Waals surface area contributed by atoms with E-state index in [2.05, 4.69) is 20.1 Å². The number of hydrogen-bond donors (Lipinski definition) is 1. The smallest absolute Gasteiger partial charge is 0.311 e. The summed E-state index contributed by atoms with van der Waals surface area (Å²) in [5.74, 6) is -1.92. The molecule has 35 heavy (non-hydrogen) atoms. The second kappa shape index (κ2) is 11.1. The molecule has 1 spiro atoms. The Kier molecular flexibility index (Phi) is 8.79. The summed E-state index contributed by atoms with van der Waals surface area (Å²) in [4.78, 5) is 45.2. The molecular weight excluding hydrogens is 464 g/mol. The van der Waals surface area contributed by atoms with Gasteiger partial charge in [0.15, 0.2) is 0 Å². The number of aliphatic hydroxyl groups is 1. The molecule has 0 aromatic heterocycles. The van der Waals surface area contributed by atoms with Crippen molar-refractivity contribution in [2.45, 2.75) is 93.8 Å². The number of carbonyl (C=O) groups is 3. The molecule has 2 amide bonds. The molecule has 3 aliphatic heterocycles. The Labute approximate surface area is 214 Å². The van der Waals surface area contributed by atoms with Gasteiger partial charge in [0.25, 0.3) is 0 Å². The highest BCUT2D eigenvalue weighted by molar-refractivity contribution is 8.02. The molecule has 196 valence electrons. The first-order chi connectivity index (χ1) is 16.7. The van der Waals surface area contributed by atoms with Crippen LogP contribution in [-0.2, 0) is 19.1 Å². The number of rotatable bonds is 13. The van der Waals surface area contributed by atoms with Crippen LogP contribution in [-0.4, -0.2) is 80.1 Å². The summed E-state index contributed by atoms with van der Waals surface area (Å²) in [6.07, 6.45) is 7.69. The van der Waals surface area contributed by atoms with E-state index < -0.39 is 33.4 Å². The van der Waals surface area contributed by atoms with E-state index in [1.54, 1.807) is 28.8 Å². The number of nitrogens with zero attached hydrogens (tertiary/aromatic N) is 2. The van der Waals surface area contributed by atoms with Crippen LogP contribution in [0.2, 0.25) is 0 Å². The maximum atomic E-state index is 14.3. The van der Waals surface area contributed by atoms with E-state index in [1.165, 1.54) is 0 Å². The molecule has 2 bridgehead atoms. The van der Waals surface area contributed by atoms with Gasteiger partial charge in [0.1, 0.15) is 6.04 Å². The van der Waals surface area contributed by atoms with Gasteiger partial charge in [-0.1, -0.05) is 32.4 Å². The molecule has 3 heterocycles. The molecule has 7 atom stereocenters. The topological polar surface area (TPSA) is 87.1 Å². The van der Waals surface area contributed by atoms with Gasteiger partial charge in [-0.3, -0.25) is 14.4 Å². The van der Waals surface area contributed by atoms with Crippen molar-refractivity contribution in [3.05, 3.63) is 25.3 Å². The molecule has 0 radical (unpaired) electrons. The summed E-state index contributed by atoms with van der Waals surface area (Å²) in [6.45, 7) is 16.0. The molecule has 8 heteroatoms. The van der Waals surface area contributed by atoms with Crippen LogP contribution in [0.5, 0.6) is 0 Å². The lowest BCUT2D eigenvalue weighted by molar-refractivity contribution is -0.156. The van der Waals surface area contributed by atoms with Crippen LogP contribution < -0.4 is 0 Å². The van der Waals surface area contributed by atoms with Gasteiger partial charge < -0.3 is 19.6 Å². The third-order valence-corrected chi connectivity index (χ3v) is 10.2. The van der Waals surface area contributed by atoms with E-state index in [4.69, 9.17) is 4.74 Å². The normalized spacial score (nSPS) is 32.8. The summed E-state index contributed by atoms with van der Waals surface area (Å²) in [5, 5.41) is 10.2. The third-order valence-electron chi connectivity index (χ3n) is 8.19. The number of ether oxygens (including phenoxy) is 1. The van der Waals surface area contributed by atoms with Crippen molar-refractivity contribution in [3.63, 3.8) is 0 Å². The first kappa shape index (κ1) is 27.8. The summed E-state index contributed by atoms with van der Waals surface area (Å²) >= 11 is 1.63. The quantitative estimate of drug-likeness (QED) is 0.234. The van der Waals surface area contributed by atoms with Crippen LogP contribution in [0, 0.1) is 11.8 Å². The van der Waals surface area contributed by atoms with E-state index in [0.717, 1.165) is 19.3 Å². The number of carbonyl (C=O) groups excluding carboxylic acids is 3. The van der Waals surface area contributed by atoms with Crippen molar-refractivity contribution in [2.75, 3.05) is 19.8 Å². The number of amides is 2. The molecule has 0 aromatic rings. The molecule has 3 fully saturated rings. The predicted octanol–water partition coefficient (Wildman–Crippen LogP) is 3.56. The van der Waals surface area contributed by atoms with Gasteiger partial charge in [-0.2, -0.15) is 0 Å². The van der Waals surface area contributed by atoms with Crippen LogP contribution in [0.25, 0.3) is 0 Å². The van der Waals surface area contributed by atoms with Crippen LogP contribution in [0.15, 0.2) is 25.3 Å². The van der Waals surface area contributed by atoms with Crippen molar-refractivity contribution in [1.29, 1.82) is 0 Å². The standard InChI is InChI=1S/C27H42N2O5S/c1-7-11-16-34-25(33)21-20-23(31)29(19(10-4)17-30)22(27(20)14-13-26(21,6)35-27)24(32)28(15-9-3)18(5)12-8-2/h7,9,18-22,30H,1,3,8,10-17H2,2,4-6H3/t18?,19-,20-,21-,22?,26+,27?/m0/s1. The van der Waals surface area contributed by atoms with Crippen molar-refractivity contribution in [2.24, 2.45) is 11.8 Å². The fourth-order valence-electron chi connectivity index (χ4n) is 6.50. The molecule has 3 unspecified atom stereocenters. The highest BCUT2D eigenvalue weighted by atomic mass is 32.2. The largest absolute Gasteiger partial charge is 0.465 e. The van der Waals surface area contributed by atoms with Crippen LogP contribution in [0.1, 0.15) is 66.2 Å². The zero-order valence-corrected chi connectivity index (χ0v) is 22.5. The minimum Gasteiger partial charge on any atom is -0.465 e. The van der Waals surface area contributed by atoms with Gasteiger partial charge in [0.05, 0.1) is 35.8 Å². The molecule has 3 aliphatic rings. The van der Waals surface area contributed by atoms with Crippen molar-refractivity contribution in [1.82, 2.24) is 9.80 Å². The Balaban J connectivity index is 2.08. The average molecular weight is 507 g/mol. The van der Waals surface area contributed by atoms with Crippen LogP contribution in [0.3, 0.4) is 0 Å². The average Bonchev–Trinajstić information content (AvgIpc) is 3.39. The molecule has 0 saturated carbocycles. The predicted molar refractivity (Wildman–Crippen MR) is 139 cm³/mol. The third kappa shape index (κ3) is 4.57. The number of hydrogen-bond acceptors (Lipinski definition) is 6. The van der Waals surface area contributed by atoms with Gasteiger partial charge in [0.2, 0.25) is 11.8 Å². The Bertz CT molecular complexity index is 845. The van der Waals surface area contributed by atoms with Gasteiger partial charge in [-0.15, -0.1) is 24.9 Å². The summed E-state index contributed by atoms with van der Waals surface area (Å²) in [5.41, 5.74) is 0. The number of aliphatic hydroxyl groups excluding tert-OH is 1. The second-order valence-corrected chi connectivity index (χ2v) is 12.3. The fourth-order valence-corrected chi connectivity index (χ4v) is 8.82. The first-order valence-electron chi connectivity index (χ1n) is 13.0. The van der Waals surface area contributed by atoms with Gasteiger partial charge in [-0.05, 0) is 46.0 Å². The van der Waals surface area contributed by atoms with Crippen molar-refractivity contribution in [3.8, 4) is 0 Å². The van der Waals surface area contributed by atoms with Crippen LogP contribution >= 0.6 is 11.8 Å². The minimum atomic E-state index is -0.728. The fraction of sp³-hybridized carbons (Fsp3) is 0.741. The van der Waals surface area contributed by atoms with Crippen molar-refractivity contribution >= 4 is 29.5 Å². The summed E-state index contributed by atoms with van der Waals surface area (Å²) < 4.78 is 4.41. The van der Waals surface area contributed by atoms with E-state index >= 15 is 0 Å². The Morgan fingerprint density at radius 3 is 2.60 bits per heavy atom. The molecule has 3 saturated heterocycles. The number of thioether (sulfide) groups is 1. The minimum absolute atomic E-state index is 0.00837. The summed E-state index contributed by atoms with van der Waals surface area (Å²) in [7, 11) is 0. The Morgan fingerprint density at radius 1 is 1.31 bits per heavy atom. The Morgan fingerprint density at radius 2 is 2.03 bits per heavy atom. The number of esters is 1. The maximum Gasteiger partial charge on any atom is 0.311 e. The second-order valence-electron chi connectivity index (χ2n) is 10.4. The maximum absolute atomic E-state index is 14.3. The molecule has 7 nitrogen and oxygen atoms in total. The number of fused-ring (bicyclic) bond motifs is 1. The van der Waals surface area contributed by atoms with Gasteiger partial charge in [-0.25, -0.2) is 0 Å². The zero-order valence-electron chi connectivity index (χ0n) is 21.7. The number of likely N-dealkylation sites (tertiary alicyclic amines) is 1. The molecular formula is C27H42N2O5S. The molecule has 1 N–H and O–H groups in total. The zero-order chi connectivity index (χ0) is 26.0. The lowest BCUT2D eigenvalue weighted by Gasteiger charge is -2.41. The summed E-state index contributed by atoms with van der Waals surface area (Å²) in [6, 6.07) is -1.21. The Hall–Kier alpha value is -1.80. The van der Waals surface area contributed by atoms with Crippen molar-refractivity contribution < 1.29 is 24.2 Å². The monoisotopic (exact) mass is 506 g/mol. The van der Waals surface area contributed by atoms with E-state index in [1.807, 2.05) is 25.7 Å². The molecule has 0 aromatic carbocycles. The highest BCUT2D eigenvalue weighted by Crippen LogP contribution is 2.71. The first-order valence-corrected chi connectivity index (χ1v) is 13.8.